The maximum atomic E-state index is 11.8. The maximum absolute atomic E-state index is 11.8. The molecule has 2 aromatic carbocycles. The smallest absolute Gasteiger partial charge is 0.311 e. The van der Waals surface area contributed by atoms with E-state index in [-0.39, 0.29) is 12.2 Å². The van der Waals surface area contributed by atoms with Gasteiger partial charge < -0.3 is 14.6 Å². The zero-order chi connectivity index (χ0) is 17.3. The number of aliphatic carboxylic acids is 1. The van der Waals surface area contributed by atoms with Crippen LogP contribution in [-0.4, -0.2) is 17.9 Å². The average molecular weight is 326 g/mol. The highest BCUT2D eigenvalue weighted by Crippen LogP contribution is 2.34. The number of carbonyl (C=O) groups is 1. The van der Waals surface area contributed by atoms with Crippen LogP contribution in [0.15, 0.2) is 42.5 Å². The van der Waals surface area contributed by atoms with Crippen LogP contribution in [0.4, 0.5) is 0 Å². The average Bonchev–Trinajstić information content (AvgIpc) is 2.99. The number of ether oxygens (including phenoxy) is 2. The van der Waals surface area contributed by atoms with E-state index >= 15 is 0 Å². The van der Waals surface area contributed by atoms with Gasteiger partial charge in [-0.05, 0) is 40.7 Å². The van der Waals surface area contributed by atoms with Crippen molar-refractivity contribution in [3.8, 4) is 11.5 Å². The molecule has 2 aromatic rings. The first kappa shape index (κ1) is 16.4. The van der Waals surface area contributed by atoms with Gasteiger partial charge in [0.2, 0.25) is 6.79 Å². The molecule has 1 unspecified atom stereocenters. The lowest BCUT2D eigenvalue weighted by Gasteiger charge is -2.20. The lowest BCUT2D eigenvalue weighted by Crippen LogP contribution is -2.16. The van der Waals surface area contributed by atoms with Crippen molar-refractivity contribution >= 4 is 5.97 Å². The Morgan fingerprint density at radius 2 is 1.75 bits per heavy atom. The van der Waals surface area contributed by atoms with Crippen LogP contribution in [0.2, 0.25) is 0 Å². The molecule has 1 N–H and O–H groups in total. The summed E-state index contributed by atoms with van der Waals surface area (Å²) in [7, 11) is 0. The van der Waals surface area contributed by atoms with Crippen LogP contribution in [0.5, 0.6) is 11.5 Å². The fraction of sp³-hybridized carbons (Fsp3) is 0.350. The maximum Gasteiger partial charge on any atom is 0.311 e. The summed E-state index contributed by atoms with van der Waals surface area (Å²) in [6.07, 6.45) is 0.417. The van der Waals surface area contributed by atoms with E-state index in [1.807, 2.05) is 42.5 Å². The minimum Gasteiger partial charge on any atom is -0.481 e. The fourth-order valence-electron chi connectivity index (χ4n) is 2.87. The van der Waals surface area contributed by atoms with Gasteiger partial charge in [0, 0.05) is 0 Å². The largest absolute Gasteiger partial charge is 0.481 e. The SMILES string of the molecule is CC(C)(C)c1ccc(C(Cc2ccc3c(c2)OCO3)C(=O)O)cc1. The molecule has 1 heterocycles. The number of carboxylic acids is 1. The van der Waals surface area contributed by atoms with Crippen molar-refractivity contribution in [1.29, 1.82) is 0 Å². The van der Waals surface area contributed by atoms with E-state index < -0.39 is 11.9 Å². The highest BCUT2D eigenvalue weighted by Gasteiger charge is 2.23. The summed E-state index contributed by atoms with van der Waals surface area (Å²) in [6.45, 7) is 6.64. The van der Waals surface area contributed by atoms with Crippen molar-refractivity contribution in [3.63, 3.8) is 0 Å². The molecule has 0 bridgehead atoms. The third-order valence-corrected chi connectivity index (χ3v) is 4.35. The zero-order valence-electron chi connectivity index (χ0n) is 14.2. The molecule has 0 saturated heterocycles. The summed E-state index contributed by atoms with van der Waals surface area (Å²) >= 11 is 0. The van der Waals surface area contributed by atoms with E-state index in [2.05, 4.69) is 20.8 Å². The van der Waals surface area contributed by atoms with E-state index in [0.29, 0.717) is 17.9 Å². The van der Waals surface area contributed by atoms with E-state index in [1.54, 1.807) is 0 Å². The van der Waals surface area contributed by atoms with Crippen molar-refractivity contribution in [1.82, 2.24) is 0 Å². The first-order chi connectivity index (χ1) is 11.3. The Labute approximate surface area is 142 Å². The van der Waals surface area contributed by atoms with Gasteiger partial charge >= 0.3 is 5.97 Å². The second-order valence-electron chi connectivity index (χ2n) is 7.15. The second kappa shape index (κ2) is 6.19. The normalized spacial score (nSPS) is 14.5. The third-order valence-electron chi connectivity index (χ3n) is 4.35. The topological polar surface area (TPSA) is 55.8 Å². The summed E-state index contributed by atoms with van der Waals surface area (Å²) in [6, 6.07) is 13.5. The van der Waals surface area contributed by atoms with E-state index in [0.717, 1.165) is 11.1 Å². The number of hydrogen-bond donors (Lipinski definition) is 1. The number of benzene rings is 2. The van der Waals surface area contributed by atoms with Crippen molar-refractivity contribution < 1.29 is 19.4 Å². The molecule has 1 atom stereocenters. The second-order valence-corrected chi connectivity index (χ2v) is 7.15. The first-order valence-electron chi connectivity index (χ1n) is 8.06. The molecule has 3 rings (SSSR count). The summed E-state index contributed by atoms with van der Waals surface area (Å²) < 4.78 is 10.7. The number of rotatable bonds is 4. The van der Waals surface area contributed by atoms with E-state index in [4.69, 9.17) is 9.47 Å². The molecule has 0 spiro atoms. The van der Waals surface area contributed by atoms with Crippen molar-refractivity contribution in [3.05, 3.63) is 59.2 Å². The number of fused-ring (bicyclic) bond motifs is 1. The van der Waals surface area contributed by atoms with E-state index in [9.17, 15) is 9.90 Å². The van der Waals surface area contributed by atoms with Gasteiger partial charge in [0.1, 0.15) is 0 Å². The Kier molecular flexibility index (Phi) is 4.22. The summed E-state index contributed by atoms with van der Waals surface area (Å²) in [5.41, 5.74) is 2.98. The molecule has 1 aliphatic rings. The molecular weight excluding hydrogens is 304 g/mol. The van der Waals surface area contributed by atoms with Gasteiger partial charge in [-0.25, -0.2) is 0 Å². The Hall–Kier alpha value is -2.49. The predicted molar refractivity (Wildman–Crippen MR) is 91.8 cm³/mol. The van der Waals surface area contributed by atoms with E-state index in [1.165, 1.54) is 5.56 Å². The Morgan fingerprint density at radius 1 is 1.08 bits per heavy atom. The highest BCUT2D eigenvalue weighted by atomic mass is 16.7. The van der Waals surface area contributed by atoms with Crippen LogP contribution in [0, 0.1) is 0 Å². The minimum atomic E-state index is -0.823. The summed E-state index contributed by atoms with van der Waals surface area (Å²) in [4.78, 5) is 11.8. The third kappa shape index (κ3) is 3.37. The van der Waals surface area contributed by atoms with Gasteiger partial charge in [0.25, 0.3) is 0 Å². The predicted octanol–water partition coefficient (Wildman–Crippen LogP) is 4.12. The van der Waals surface area contributed by atoms with Gasteiger partial charge in [-0.1, -0.05) is 51.1 Å². The zero-order valence-corrected chi connectivity index (χ0v) is 14.2. The van der Waals surface area contributed by atoms with Crippen molar-refractivity contribution in [2.45, 2.75) is 38.5 Å². The van der Waals surface area contributed by atoms with Crippen LogP contribution in [0.25, 0.3) is 0 Å². The molecule has 0 amide bonds. The summed E-state index contributed by atoms with van der Waals surface area (Å²) in [5.74, 6) is -0.0181. The standard InChI is InChI=1S/C20H22O4/c1-20(2,3)15-7-5-14(6-8-15)16(19(21)22)10-13-4-9-17-18(11-13)24-12-23-17/h4-9,11,16H,10,12H2,1-3H3,(H,21,22). The lowest BCUT2D eigenvalue weighted by molar-refractivity contribution is -0.138. The molecule has 4 nitrogen and oxygen atoms in total. The van der Waals surface area contributed by atoms with Gasteiger partial charge in [0.05, 0.1) is 5.92 Å². The minimum absolute atomic E-state index is 0.0502. The molecule has 0 aliphatic carbocycles. The van der Waals surface area contributed by atoms with Gasteiger partial charge in [-0.15, -0.1) is 0 Å². The molecule has 0 radical (unpaired) electrons. The molecule has 4 heteroatoms. The molecule has 0 saturated carbocycles. The Morgan fingerprint density at radius 3 is 2.38 bits per heavy atom. The first-order valence-corrected chi connectivity index (χ1v) is 8.06. The number of carboxylic acid groups (broad SMARTS) is 1. The highest BCUT2D eigenvalue weighted by molar-refractivity contribution is 5.76. The summed E-state index contributed by atoms with van der Waals surface area (Å²) in [5, 5.41) is 9.65. The molecule has 0 aromatic heterocycles. The molecular formula is C20H22O4. The van der Waals surface area contributed by atoms with Gasteiger partial charge in [-0.2, -0.15) is 0 Å². The molecule has 126 valence electrons. The van der Waals surface area contributed by atoms with Gasteiger partial charge in [0.15, 0.2) is 11.5 Å². The van der Waals surface area contributed by atoms with Crippen LogP contribution < -0.4 is 9.47 Å². The van der Waals surface area contributed by atoms with Gasteiger partial charge in [-0.3, -0.25) is 4.79 Å². The quantitative estimate of drug-likeness (QED) is 0.918. The lowest BCUT2D eigenvalue weighted by atomic mass is 9.84. The van der Waals surface area contributed by atoms with Crippen molar-refractivity contribution in [2.24, 2.45) is 0 Å². The fourth-order valence-corrected chi connectivity index (χ4v) is 2.87. The van der Waals surface area contributed by atoms with Crippen LogP contribution in [0.1, 0.15) is 43.4 Å². The monoisotopic (exact) mass is 326 g/mol. The Balaban J connectivity index is 1.84. The van der Waals surface area contributed by atoms with Crippen LogP contribution in [-0.2, 0) is 16.6 Å². The number of hydrogen-bond acceptors (Lipinski definition) is 3. The molecule has 24 heavy (non-hydrogen) atoms. The molecule has 1 aliphatic heterocycles. The van der Waals surface area contributed by atoms with Crippen LogP contribution >= 0.6 is 0 Å². The Bertz CT molecular complexity index is 741. The van der Waals surface area contributed by atoms with Crippen molar-refractivity contribution in [2.75, 3.05) is 6.79 Å². The molecule has 0 fully saturated rings. The van der Waals surface area contributed by atoms with Crippen LogP contribution in [0.3, 0.4) is 0 Å².